The molecule has 0 radical (unpaired) electrons. The van der Waals surface area contributed by atoms with Crippen LogP contribution in [0.5, 0.6) is 0 Å². The molecule has 0 atom stereocenters. The van der Waals surface area contributed by atoms with Gasteiger partial charge in [0.1, 0.15) is 0 Å². The monoisotopic (exact) mass is 155 g/mol. The molecule has 0 aliphatic rings. The first-order valence-corrected chi connectivity index (χ1v) is 4.72. The molecule has 1 N–H and O–H groups in total. The zero-order valence-electron chi connectivity index (χ0n) is 8.06. The molecular weight excluding hydrogens is 134 g/mol. The maximum atomic E-state index is 3.26. The normalized spacial score (nSPS) is 11.6. The van der Waals surface area contributed by atoms with Crippen molar-refractivity contribution in [3.63, 3.8) is 0 Å². The highest BCUT2D eigenvalue weighted by molar-refractivity contribution is 4.88. The Hall–Kier alpha value is -0.300. The first-order valence-electron chi connectivity index (χ1n) is 4.72. The van der Waals surface area contributed by atoms with E-state index in [1.165, 1.54) is 12.8 Å². The second-order valence-electron chi connectivity index (χ2n) is 2.81. The fourth-order valence-corrected chi connectivity index (χ4v) is 1.05. The van der Waals surface area contributed by atoms with Crippen LogP contribution in [0.3, 0.4) is 0 Å². The summed E-state index contributed by atoms with van der Waals surface area (Å²) in [6.07, 6.45) is 7.09. The van der Waals surface area contributed by atoms with Crippen LogP contribution in [0.1, 0.15) is 33.6 Å². The van der Waals surface area contributed by atoms with Gasteiger partial charge < -0.3 is 5.32 Å². The Balaban J connectivity index is 3.36. The van der Waals surface area contributed by atoms with Crippen molar-refractivity contribution in [2.45, 2.75) is 33.6 Å². The van der Waals surface area contributed by atoms with Crippen LogP contribution in [-0.4, -0.2) is 13.1 Å². The highest BCUT2D eigenvalue weighted by Gasteiger charge is 1.94. The van der Waals surface area contributed by atoms with E-state index >= 15 is 0 Å². The summed E-state index contributed by atoms with van der Waals surface area (Å²) >= 11 is 0. The second kappa shape index (κ2) is 7.80. The smallest absolute Gasteiger partial charge is 0.0134 e. The lowest BCUT2D eigenvalue weighted by atomic mass is 10.0. The molecule has 1 nitrogen and oxygen atoms in total. The van der Waals surface area contributed by atoms with Gasteiger partial charge >= 0.3 is 0 Å². The van der Waals surface area contributed by atoms with Gasteiger partial charge in [-0.25, -0.2) is 0 Å². The van der Waals surface area contributed by atoms with Gasteiger partial charge in [-0.2, -0.15) is 0 Å². The summed E-state index contributed by atoms with van der Waals surface area (Å²) in [6.45, 7) is 8.70. The Morgan fingerprint density at radius 1 is 1.18 bits per heavy atom. The van der Waals surface area contributed by atoms with Gasteiger partial charge in [0.05, 0.1) is 0 Å². The van der Waals surface area contributed by atoms with Gasteiger partial charge in [0.25, 0.3) is 0 Å². The number of allylic oxidation sites excluding steroid dienone is 1. The quantitative estimate of drug-likeness (QED) is 0.459. The molecule has 0 unspecified atom stereocenters. The lowest BCUT2D eigenvalue weighted by molar-refractivity contribution is 0.603. The third-order valence-electron chi connectivity index (χ3n) is 1.97. The molecule has 0 bridgehead atoms. The van der Waals surface area contributed by atoms with E-state index in [0.29, 0.717) is 0 Å². The van der Waals surface area contributed by atoms with Crippen LogP contribution in [0.4, 0.5) is 0 Å². The molecule has 66 valence electrons. The minimum absolute atomic E-state index is 0.786. The molecular formula is C10H21N. The molecule has 11 heavy (non-hydrogen) atoms. The summed E-state index contributed by atoms with van der Waals surface area (Å²) in [6, 6.07) is 0. The Kier molecular flexibility index (Phi) is 7.59. The summed E-state index contributed by atoms with van der Waals surface area (Å²) < 4.78 is 0. The Morgan fingerprint density at radius 2 is 1.82 bits per heavy atom. The Bertz CT molecular complexity index is 93.0. The van der Waals surface area contributed by atoms with Crippen LogP contribution < -0.4 is 5.32 Å². The van der Waals surface area contributed by atoms with Crippen molar-refractivity contribution in [2.24, 2.45) is 5.92 Å². The van der Waals surface area contributed by atoms with Gasteiger partial charge in [0, 0.05) is 6.54 Å². The zero-order valence-corrected chi connectivity index (χ0v) is 8.06. The highest BCUT2D eigenvalue weighted by Crippen LogP contribution is 2.07. The SMILES string of the molecule is CCNCC=CC(CC)CC. The summed E-state index contributed by atoms with van der Waals surface area (Å²) in [7, 11) is 0. The molecule has 0 rings (SSSR count). The van der Waals surface area contributed by atoms with Crippen molar-refractivity contribution in [2.75, 3.05) is 13.1 Å². The molecule has 0 aromatic heterocycles. The van der Waals surface area contributed by atoms with E-state index in [1.54, 1.807) is 0 Å². The minimum Gasteiger partial charge on any atom is -0.314 e. The third-order valence-corrected chi connectivity index (χ3v) is 1.97. The third kappa shape index (κ3) is 6.11. The Labute approximate surface area is 70.9 Å². The molecule has 0 heterocycles. The average molecular weight is 155 g/mol. The molecule has 0 fully saturated rings. The van der Waals surface area contributed by atoms with Crippen LogP contribution in [0, 0.1) is 5.92 Å². The molecule has 1 heteroatoms. The minimum atomic E-state index is 0.786. The largest absolute Gasteiger partial charge is 0.314 e. The van der Waals surface area contributed by atoms with E-state index in [4.69, 9.17) is 0 Å². The van der Waals surface area contributed by atoms with E-state index in [0.717, 1.165) is 19.0 Å². The first kappa shape index (κ1) is 10.7. The van der Waals surface area contributed by atoms with E-state index in [2.05, 4.69) is 38.2 Å². The maximum Gasteiger partial charge on any atom is 0.0134 e. The fraction of sp³-hybridized carbons (Fsp3) is 0.800. The number of hydrogen-bond donors (Lipinski definition) is 1. The van der Waals surface area contributed by atoms with Crippen LogP contribution in [0.15, 0.2) is 12.2 Å². The number of nitrogens with one attached hydrogen (secondary N) is 1. The van der Waals surface area contributed by atoms with E-state index in [1.807, 2.05) is 0 Å². The summed E-state index contributed by atoms with van der Waals surface area (Å²) in [5.74, 6) is 0.786. The van der Waals surface area contributed by atoms with Crippen LogP contribution in [-0.2, 0) is 0 Å². The lowest BCUT2D eigenvalue weighted by Crippen LogP contribution is -2.11. The second-order valence-corrected chi connectivity index (χ2v) is 2.81. The van der Waals surface area contributed by atoms with E-state index < -0.39 is 0 Å². The van der Waals surface area contributed by atoms with Crippen LogP contribution in [0.2, 0.25) is 0 Å². The molecule has 0 aromatic rings. The van der Waals surface area contributed by atoms with Gasteiger partial charge in [0.15, 0.2) is 0 Å². The Morgan fingerprint density at radius 3 is 2.27 bits per heavy atom. The van der Waals surface area contributed by atoms with E-state index in [9.17, 15) is 0 Å². The van der Waals surface area contributed by atoms with Crippen molar-refractivity contribution in [1.29, 1.82) is 0 Å². The summed E-state index contributed by atoms with van der Waals surface area (Å²) in [5.41, 5.74) is 0. The number of likely N-dealkylation sites (N-methyl/N-ethyl adjacent to an activating group) is 1. The molecule has 0 amide bonds. The van der Waals surface area contributed by atoms with Gasteiger partial charge in [-0.1, -0.05) is 32.9 Å². The van der Waals surface area contributed by atoms with Gasteiger partial charge in [-0.05, 0) is 25.3 Å². The number of hydrogen-bond acceptors (Lipinski definition) is 1. The number of rotatable bonds is 6. The molecule has 0 saturated heterocycles. The standard InChI is InChI=1S/C10H21N/c1-4-10(5-2)8-7-9-11-6-3/h7-8,10-11H,4-6,9H2,1-3H3. The van der Waals surface area contributed by atoms with E-state index in [-0.39, 0.29) is 0 Å². The molecule has 0 spiro atoms. The summed E-state index contributed by atoms with van der Waals surface area (Å²) in [5, 5.41) is 3.26. The average Bonchev–Trinajstić information content (AvgIpc) is 2.05. The predicted molar refractivity (Wildman–Crippen MR) is 51.8 cm³/mol. The lowest BCUT2D eigenvalue weighted by Gasteiger charge is -2.04. The van der Waals surface area contributed by atoms with Crippen molar-refractivity contribution in [3.05, 3.63) is 12.2 Å². The first-order chi connectivity index (χ1) is 5.35. The van der Waals surface area contributed by atoms with Crippen molar-refractivity contribution in [1.82, 2.24) is 5.32 Å². The van der Waals surface area contributed by atoms with Crippen molar-refractivity contribution in [3.8, 4) is 0 Å². The molecule has 0 aliphatic heterocycles. The topological polar surface area (TPSA) is 12.0 Å². The predicted octanol–water partition coefficient (Wildman–Crippen LogP) is 2.59. The fourth-order valence-electron chi connectivity index (χ4n) is 1.05. The zero-order chi connectivity index (χ0) is 8.53. The maximum absolute atomic E-state index is 3.26. The molecule has 0 aliphatic carbocycles. The highest BCUT2D eigenvalue weighted by atomic mass is 14.8. The summed E-state index contributed by atoms with van der Waals surface area (Å²) in [4.78, 5) is 0. The van der Waals surface area contributed by atoms with Crippen LogP contribution in [0.25, 0.3) is 0 Å². The molecule has 0 saturated carbocycles. The van der Waals surface area contributed by atoms with Gasteiger partial charge in [-0.3, -0.25) is 0 Å². The van der Waals surface area contributed by atoms with Gasteiger partial charge in [0.2, 0.25) is 0 Å². The van der Waals surface area contributed by atoms with Crippen molar-refractivity contribution >= 4 is 0 Å². The van der Waals surface area contributed by atoms with Gasteiger partial charge in [-0.15, -0.1) is 0 Å². The van der Waals surface area contributed by atoms with Crippen LogP contribution >= 0.6 is 0 Å². The van der Waals surface area contributed by atoms with Crippen molar-refractivity contribution < 1.29 is 0 Å². The molecule has 0 aromatic carbocycles.